The Morgan fingerprint density at radius 1 is 0.191 bits per heavy atom. The van der Waals surface area contributed by atoms with Gasteiger partial charge < -0.3 is 4.57 Å². The number of fused-ring (bicyclic) bond motifs is 11. The molecule has 0 aliphatic heterocycles. The van der Waals surface area contributed by atoms with Crippen LogP contribution >= 0.6 is 0 Å². The first kappa shape index (κ1) is 50.9. The number of nitrogens with zero attached hydrogens (tertiary/aromatic N) is 1. The van der Waals surface area contributed by atoms with Crippen LogP contribution in [0.2, 0.25) is 0 Å². The van der Waals surface area contributed by atoms with Crippen molar-refractivity contribution in [3.05, 3.63) is 390 Å². The fourth-order valence-corrected chi connectivity index (χ4v) is 16.0. The Morgan fingerprint density at radius 2 is 0.517 bits per heavy atom. The van der Waals surface area contributed by atoms with Crippen molar-refractivity contribution in [3.63, 3.8) is 0 Å². The zero-order valence-electron chi connectivity index (χ0n) is 48.9. The van der Waals surface area contributed by atoms with Crippen LogP contribution in [0, 0.1) is 0 Å². The van der Waals surface area contributed by atoms with Gasteiger partial charge in [-0.25, -0.2) is 0 Å². The monoisotopic (exact) mass is 1130 g/mol. The van der Waals surface area contributed by atoms with Crippen LogP contribution in [0.3, 0.4) is 0 Å². The van der Waals surface area contributed by atoms with Crippen LogP contribution in [0.5, 0.6) is 0 Å². The van der Waals surface area contributed by atoms with Crippen molar-refractivity contribution in [3.8, 4) is 72.4 Å². The van der Waals surface area contributed by atoms with Gasteiger partial charge in [0.25, 0.3) is 0 Å². The van der Waals surface area contributed by atoms with Gasteiger partial charge in [0, 0.05) is 16.5 Å². The summed E-state index contributed by atoms with van der Waals surface area (Å²) < 4.78 is 2.52. The molecule has 0 unspecified atom stereocenters. The van der Waals surface area contributed by atoms with Crippen molar-refractivity contribution >= 4 is 43.4 Å². The SMILES string of the molecule is c1ccc(-c2c3ccccc3c(-c3ccccc3)c3cc(-n4c5ccc(-c6ccc7c(c6)C(c6ccccc6)(c6ccccc6)c6ccccc6-7)cc5c5cc(-c6ccc7c(c6)C(c6ccccc6)(c6ccccc6)c6ccccc6-7)ccc54)ccc23)cc1. The molecule has 2 aliphatic carbocycles. The largest absolute Gasteiger partial charge is 0.309 e. The summed E-state index contributed by atoms with van der Waals surface area (Å²) in [7, 11) is 0. The summed E-state index contributed by atoms with van der Waals surface area (Å²) in [6.45, 7) is 0. The molecule has 0 saturated carbocycles. The molecule has 1 nitrogen and oxygen atoms in total. The molecule has 0 bridgehead atoms. The molecule has 0 atom stereocenters. The molecule has 16 aromatic rings. The number of hydrogen-bond donors (Lipinski definition) is 0. The maximum atomic E-state index is 2.52. The Bertz CT molecular complexity index is 5130. The van der Waals surface area contributed by atoms with E-state index in [4.69, 9.17) is 0 Å². The van der Waals surface area contributed by atoms with E-state index in [1.165, 1.54) is 144 Å². The maximum Gasteiger partial charge on any atom is 0.0713 e. The minimum absolute atomic E-state index is 0.518. The molecule has 15 aromatic carbocycles. The highest BCUT2D eigenvalue weighted by Gasteiger charge is 2.47. The lowest BCUT2D eigenvalue weighted by molar-refractivity contribution is 0.769. The van der Waals surface area contributed by atoms with Crippen LogP contribution < -0.4 is 0 Å². The van der Waals surface area contributed by atoms with Crippen molar-refractivity contribution in [1.29, 1.82) is 0 Å². The summed E-state index contributed by atoms with van der Waals surface area (Å²) in [4.78, 5) is 0. The van der Waals surface area contributed by atoms with Gasteiger partial charge in [-0.3, -0.25) is 0 Å². The summed E-state index contributed by atoms with van der Waals surface area (Å²) >= 11 is 0. The third-order valence-corrected chi connectivity index (χ3v) is 19.7. The first-order valence-corrected chi connectivity index (χ1v) is 31.1. The molecule has 18 rings (SSSR count). The van der Waals surface area contributed by atoms with Crippen molar-refractivity contribution in [2.45, 2.75) is 10.8 Å². The topological polar surface area (TPSA) is 4.93 Å². The van der Waals surface area contributed by atoms with E-state index in [1.54, 1.807) is 0 Å². The molecule has 414 valence electrons. The highest BCUT2D eigenvalue weighted by Crippen LogP contribution is 2.59. The minimum Gasteiger partial charge on any atom is -0.309 e. The highest BCUT2D eigenvalue weighted by atomic mass is 15.0. The van der Waals surface area contributed by atoms with Crippen molar-refractivity contribution in [2.24, 2.45) is 0 Å². The van der Waals surface area contributed by atoms with Crippen LogP contribution in [0.4, 0.5) is 0 Å². The van der Waals surface area contributed by atoms with Gasteiger partial charge in [-0.2, -0.15) is 0 Å². The van der Waals surface area contributed by atoms with E-state index in [0.29, 0.717) is 0 Å². The van der Waals surface area contributed by atoms with Crippen LogP contribution in [-0.2, 0) is 10.8 Å². The second-order valence-corrected chi connectivity index (χ2v) is 24.1. The second kappa shape index (κ2) is 20.1. The molecule has 2 aliphatic rings. The van der Waals surface area contributed by atoms with Crippen molar-refractivity contribution < 1.29 is 0 Å². The molecule has 0 N–H and O–H groups in total. The average Bonchev–Trinajstić information content (AvgIpc) is 1.60. The number of hydrogen-bond acceptors (Lipinski definition) is 0. The summed E-state index contributed by atoms with van der Waals surface area (Å²) in [5.41, 5.74) is 27.3. The van der Waals surface area contributed by atoms with E-state index in [1.807, 2.05) is 0 Å². The number of benzene rings is 15. The van der Waals surface area contributed by atoms with Gasteiger partial charge in [-0.05, 0) is 181 Å². The molecular weight excluding hydrogens is 1070 g/mol. The Morgan fingerprint density at radius 3 is 0.944 bits per heavy atom. The average molecular weight is 1130 g/mol. The molecule has 0 spiro atoms. The second-order valence-electron chi connectivity index (χ2n) is 24.1. The molecule has 0 radical (unpaired) electrons. The van der Waals surface area contributed by atoms with Gasteiger partial charge in [0.15, 0.2) is 0 Å². The highest BCUT2D eigenvalue weighted by molar-refractivity contribution is 6.22. The van der Waals surface area contributed by atoms with Gasteiger partial charge >= 0.3 is 0 Å². The fourth-order valence-electron chi connectivity index (χ4n) is 16.0. The lowest BCUT2D eigenvalue weighted by Crippen LogP contribution is -2.28. The Kier molecular flexibility index (Phi) is 11.5. The van der Waals surface area contributed by atoms with Crippen LogP contribution in [0.1, 0.15) is 44.5 Å². The summed E-state index contributed by atoms with van der Waals surface area (Å²) in [5, 5.41) is 7.32. The van der Waals surface area contributed by atoms with E-state index < -0.39 is 10.8 Å². The van der Waals surface area contributed by atoms with E-state index in [-0.39, 0.29) is 0 Å². The quantitative estimate of drug-likeness (QED) is 0.127. The van der Waals surface area contributed by atoms with Gasteiger partial charge in [0.1, 0.15) is 0 Å². The smallest absolute Gasteiger partial charge is 0.0713 e. The van der Waals surface area contributed by atoms with Gasteiger partial charge in [0.05, 0.1) is 21.9 Å². The zero-order valence-corrected chi connectivity index (χ0v) is 48.9. The third-order valence-electron chi connectivity index (χ3n) is 19.7. The van der Waals surface area contributed by atoms with Crippen LogP contribution in [0.15, 0.2) is 346 Å². The van der Waals surface area contributed by atoms with Crippen LogP contribution in [0.25, 0.3) is 116 Å². The van der Waals surface area contributed by atoms with E-state index >= 15 is 0 Å². The lowest BCUT2D eigenvalue weighted by atomic mass is 9.67. The Hall–Kier alpha value is -11.4. The Labute approximate surface area is 518 Å². The third kappa shape index (κ3) is 7.49. The first-order chi connectivity index (χ1) is 44.2. The maximum absolute atomic E-state index is 2.52. The van der Waals surface area contributed by atoms with Crippen molar-refractivity contribution in [1.82, 2.24) is 4.57 Å². The summed E-state index contributed by atoms with van der Waals surface area (Å²) in [6.07, 6.45) is 0. The van der Waals surface area contributed by atoms with Gasteiger partial charge in [-0.1, -0.05) is 297 Å². The molecule has 89 heavy (non-hydrogen) atoms. The van der Waals surface area contributed by atoms with E-state index in [0.717, 1.165) is 16.7 Å². The molecule has 1 aromatic heterocycles. The molecule has 0 amide bonds. The number of rotatable bonds is 9. The fraction of sp³-hybridized carbons (Fsp3) is 0.0227. The number of aromatic nitrogens is 1. The molecule has 0 saturated heterocycles. The zero-order chi connectivity index (χ0) is 58.6. The summed E-state index contributed by atoms with van der Waals surface area (Å²) in [6, 6.07) is 130. The van der Waals surface area contributed by atoms with Crippen LogP contribution in [-0.4, -0.2) is 4.57 Å². The molecule has 1 heterocycles. The predicted octanol–water partition coefficient (Wildman–Crippen LogP) is 22.5. The molecule has 1 heteroatoms. The Balaban J connectivity index is 0.888. The first-order valence-electron chi connectivity index (χ1n) is 31.1. The van der Waals surface area contributed by atoms with Gasteiger partial charge in [-0.15, -0.1) is 0 Å². The predicted molar refractivity (Wildman–Crippen MR) is 372 cm³/mol. The minimum atomic E-state index is -0.518. The lowest BCUT2D eigenvalue weighted by Gasteiger charge is -2.34. The van der Waals surface area contributed by atoms with E-state index in [9.17, 15) is 0 Å². The van der Waals surface area contributed by atoms with Gasteiger partial charge in [0.2, 0.25) is 0 Å². The normalized spacial score (nSPS) is 13.3. The molecule has 0 fully saturated rings. The molecular formula is C88H57N. The van der Waals surface area contributed by atoms with E-state index in [2.05, 4.69) is 350 Å². The standard InChI is InChI=1S/C88H57N/c1-7-25-58(26-8-1)85-73-39-19-20-40-74(73)86(59-27-9-2-10-28-59)78-57-68(47-50-75(78)85)89-83-51-45-60(62-43-48-71-69-37-21-23-41-79(69)87(81(71)55-62,64-29-11-3-12-30-64)65-31-13-4-14-32-65)53-76(83)77-54-61(46-52-84(77)89)63-44-49-72-70-38-22-24-42-80(70)88(82(72)56-63,66-33-15-5-16-34-66)67-35-17-6-18-36-67/h1-57H. The summed E-state index contributed by atoms with van der Waals surface area (Å²) in [5.74, 6) is 0. The van der Waals surface area contributed by atoms with Crippen molar-refractivity contribution in [2.75, 3.05) is 0 Å².